The van der Waals surface area contributed by atoms with Crippen LogP contribution >= 0.6 is 0 Å². The third-order valence-electron chi connectivity index (χ3n) is 5.26. The molecule has 0 radical (unpaired) electrons. The summed E-state index contributed by atoms with van der Waals surface area (Å²) in [7, 11) is 0. The van der Waals surface area contributed by atoms with Crippen molar-refractivity contribution in [1.29, 1.82) is 0 Å². The fourth-order valence-corrected chi connectivity index (χ4v) is 4.22. The van der Waals surface area contributed by atoms with Gasteiger partial charge in [0, 0.05) is 31.2 Å². The largest absolute Gasteiger partial charge is 0.379 e. The standard InChI is InChI=1S/C14H26N2O.C2H6/c1-2-14-5-3-7-16(14)13(4-6-14)12-15-8-10-17-11-9-15;1-2/h13H,2-12H2,1H3;1-2H3. The van der Waals surface area contributed by atoms with Crippen LogP contribution in [0.3, 0.4) is 0 Å². The van der Waals surface area contributed by atoms with E-state index in [0.29, 0.717) is 5.54 Å². The van der Waals surface area contributed by atoms with Crippen LogP contribution in [-0.2, 0) is 4.74 Å². The van der Waals surface area contributed by atoms with Crippen molar-refractivity contribution in [2.75, 3.05) is 39.4 Å². The summed E-state index contributed by atoms with van der Waals surface area (Å²) in [5, 5.41) is 0. The molecule has 3 heterocycles. The molecule has 3 fully saturated rings. The lowest BCUT2D eigenvalue weighted by atomic mass is 9.91. The molecule has 0 aromatic carbocycles. The van der Waals surface area contributed by atoms with Crippen molar-refractivity contribution in [3.8, 4) is 0 Å². The zero-order chi connectivity index (χ0) is 13.7. The maximum atomic E-state index is 5.44. The molecule has 2 atom stereocenters. The molecule has 3 rings (SSSR count). The van der Waals surface area contributed by atoms with E-state index in [1.165, 1.54) is 45.2 Å². The van der Waals surface area contributed by atoms with E-state index in [9.17, 15) is 0 Å². The Morgan fingerprint density at radius 3 is 2.53 bits per heavy atom. The number of ether oxygens (including phenoxy) is 1. The molecule has 3 saturated heterocycles. The lowest BCUT2D eigenvalue weighted by Gasteiger charge is -2.37. The second-order valence-electron chi connectivity index (χ2n) is 5.98. The highest BCUT2D eigenvalue weighted by Crippen LogP contribution is 2.44. The van der Waals surface area contributed by atoms with E-state index in [4.69, 9.17) is 4.74 Å². The molecule has 0 spiro atoms. The SMILES string of the molecule is CC.CCC12CCCN1C(CN1CCOCC1)CC2. The van der Waals surface area contributed by atoms with Gasteiger partial charge in [0.05, 0.1) is 13.2 Å². The normalized spacial score (nSPS) is 35.8. The third kappa shape index (κ3) is 3.14. The maximum Gasteiger partial charge on any atom is 0.0594 e. The van der Waals surface area contributed by atoms with E-state index < -0.39 is 0 Å². The van der Waals surface area contributed by atoms with Crippen molar-refractivity contribution in [3.63, 3.8) is 0 Å². The van der Waals surface area contributed by atoms with Crippen molar-refractivity contribution in [3.05, 3.63) is 0 Å². The summed E-state index contributed by atoms with van der Waals surface area (Å²) in [6, 6.07) is 0.829. The summed E-state index contributed by atoms with van der Waals surface area (Å²) in [6.07, 6.45) is 7.09. The van der Waals surface area contributed by atoms with Gasteiger partial charge >= 0.3 is 0 Å². The number of fused-ring (bicyclic) bond motifs is 1. The van der Waals surface area contributed by atoms with Gasteiger partial charge in [0.1, 0.15) is 0 Å². The number of morpholine rings is 1. The second-order valence-corrected chi connectivity index (χ2v) is 5.98. The van der Waals surface area contributed by atoms with Gasteiger partial charge in [-0.25, -0.2) is 0 Å². The molecule has 0 saturated carbocycles. The summed E-state index contributed by atoms with van der Waals surface area (Å²) >= 11 is 0. The number of hydrogen-bond donors (Lipinski definition) is 0. The number of hydrogen-bond acceptors (Lipinski definition) is 3. The smallest absolute Gasteiger partial charge is 0.0594 e. The first-order valence-electron chi connectivity index (χ1n) is 8.41. The summed E-state index contributed by atoms with van der Waals surface area (Å²) in [5.74, 6) is 0. The first kappa shape index (κ1) is 15.3. The zero-order valence-electron chi connectivity index (χ0n) is 13.2. The van der Waals surface area contributed by atoms with Crippen molar-refractivity contribution in [1.82, 2.24) is 9.80 Å². The molecule has 0 N–H and O–H groups in total. The quantitative estimate of drug-likeness (QED) is 0.783. The molecule has 3 aliphatic rings. The molecule has 19 heavy (non-hydrogen) atoms. The van der Waals surface area contributed by atoms with Gasteiger partial charge < -0.3 is 4.74 Å². The van der Waals surface area contributed by atoms with Crippen LogP contribution in [0.25, 0.3) is 0 Å². The molecular weight excluding hydrogens is 236 g/mol. The molecule has 0 aromatic rings. The summed E-state index contributed by atoms with van der Waals surface area (Å²) in [4.78, 5) is 5.46. The van der Waals surface area contributed by atoms with Gasteiger partial charge in [0.15, 0.2) is 0 Å². The van der Waals surface area contributed by atoms with Crippen molar-refractivity contribution in [2.45, 2.75) is 64.5 Å². The highest BCUT2D eigenvalue weighted by atomic mass is 16.5. The van der Waals surface area contributed by atoms with Gasteiger partial charge in [-0.1, -0.05) is 20.8 Å². The minimum absolute atomic E-state index is 0.594. The van der Waals surface area contributed by atoms with Crippen LogP contribution in [0.2, 0.25) is 0 Å². The molecule has 2 unspecified atom stereocenters. The zero-order valence-corrected chi connectivity index (χ0v) is 13.2. The summed E-state index contributed by atoms with van der Waals surface area (Å²) < 4.78 is 5.44. The Morgan fingerprint density at radius 1 is 1.11 bits per heavy atom. The molecule has 3 heteroatoms. The van der Waals surface area contributed by atoms with Crippen molar-refractivity contribution < 1.29 is 4.74 Å². The molecule has 0 aromatic heterocycles. The fourth-order valence-electron chi connectivity index (χ4n) is 4.22. The number of nitrogens with zero attached hydrogens (tertiary/aromatic N) is 2. The van der Waals surface area contributed by atoms with Crippen LogP contribution in [0.4, 0.5) is 0 Å². The lowest BCUT2D eigenvalue weighted by molar-refractivity contribution is 0.0219. The molecule has 3 nitrogen and oxygen atoms in total. The molecule has 0 aliphatic carbocycles. The highest BCUT2D eigenvalue weighted by Gasteiger charge is 2.47. The van der Waals surface area contributed by atoms with Gasteiger partial charge in [0.2, 0.25) is 0 Å². The molecule has 0 bridgehead atoms. The predicted octanol–water partition coefficient (Wildman–Crippen LogP) is 2.75. The summed E-state index contributed by atoms with van der Waals surface area (Å²) in [5.41, 5.74) is 0.594. The Kier molecular flexibility index (Phi) is 5.67. The van der Waals surface area contributed by atoms with Crippen LogP contribution in [0.1, 0.15) is 52.9 Å². The molecular formula is C16H32N2O. The van der Waals surface area contributed by atoms with E-state index >= 15 is 0 Å². The first-order chi connectivity index (χ1) is 9.34. The second kappa shape index (κ2) is 7.05. The van der Waals surface area contributed by atoms with Crippen LogP contribution in [0, 0.1) is 0 Å². The van der Waals surface area contributed by atoms with Crippen LogP contribution in [0.15, 0.2) is 0 Å². The minimum Gasteiger partial charge on any atom is -0.379 e. The molecule has 0 amide bonds. The van der Waals surface area contributed by atoms with Crippen LogP contribution in [0.5, 0.6) is 0 Å². The first-order valence-corrected chi connectivity index (χ1v) is 8.41. The predicted molar refractivity (Wildman–Crippen MR) is 80.6 cm³/mol. The highest BCUT2D eigenvalue weighted by molar-refractivity contribution is 5.04. The monoisotopic (exact) mass is 268 g/mol. The van der Waals surface area contributed by atoms with E-state index in [1.54, 1.807) is 0 Å². The summed E-state index contributed by atoms with van der Waals surface area (Å²) in [6.45, 7) is 13.2. The van der Waals surface area contributed by atoms with Crippen LogP contribution in [-0.4, -0.2) is 60.8 Å². The maximum absolute atomic E-state index is 5.44. The van der Waals surface area contributed by atoms with E-state index in [2.05, 4.69) is 16.7 Å². The van der Waals surface area contributed by atoms with E-state index in [0.717, 1.165) is 32.3 Å². The molecule has 112 valence electrons. The van der Waals surface area contributed by atoms with Gasteiger partial charge in [-0.05, 0) is 38.6 Å². The minimum atomic E-state index is 0.594. The molecule has 3 aliphatic heterocycles. The Hall–Kier alpha value is -0.120. The third-order valence-corrected chi connectivity index (χ3v) is 5.26. The van der Waals surface area contributed by atoms with Crippen LogP contribution < -0.4 is 0 Å². The van der Waals surface area contributed by atoms with E-state index in [-0.39, 0.29) is 0 Å². The van der Waals surface area contributed by atoms with Gasteiger partial charge in [-0.3, -0.25) is 9.80 Å². The Bertz CT molecular complexity index is 265. The fraction of sp³-hybridized carbons (Fsp3) is 1.00. The number of rotatable bonds is 3. The topological polar surface area (TPSA) is 15.7 Å². The van der Waals surface area contributed by atoms with E-state index in [1.807, 2.05) is 13.8 Å². The average Bonchev–Trinajstić information content (AvgIpc) is 3.03. The van der Waals surface area contributed by atoms with Gasteiger partial charge in [0.25, 0.3) is 0 Å². The Labute approximate surface area is 119 Å². The van der Waals surface area contributed by atoms with Crippen molar-refractivity contribution >= 4 is 0 Å². The lowest BCUT2D eigenvalue weighted by Crippen LogP contribution is -2.48. The average molecular weight is 268 g/mol. The van der Waals surface area contributed by atoms with Crippen molar-refractivity contribution in [2.24, 2.45) is 0 Å². The van der Waals surface area contributed by atoms with Gasteiger partial charge in [-0.15, -0.1) is 0 Å². The van der Waals surface area contributed by atoms with Gasteiger partial charge in [-0.2, -0.15) is 0 Å². The Balaban J connectivity index is 0.000000637. The Morgan fingerprint density at radius 2 is 1.84 bits per heavy atom.